The van der Waals surface area contributed by atoms with Gasteiger partial charge in [0.25, 0.3) is 0 Å². The SMILES string of the molecule is COc1cc2c(cc1OC(C(=O)O)c1ccc(OC3CCN(C(=N)N)CC3)cc1)CCN(C(=N)N)CC2. The number of methoxy groups -OCH3 is 1. The molecule has 0 aliphatic carbocycles. The molecular weight excluding hydrogens is 476 g/mol. The van der Waals surface area contributed by atoms with Gasteiger partial charge in [0.1, 0.15) is 11.9 Å². The van der Waals surface area contributed by atoms with Crippen molar-refractivity contribution >= 4 is 17.9 Å². The summed E-state index contributed by atoms with van der Waals surface area (Å²) in [6.45, 7) is 2.57. The normalized spacial score (nSPS) is 16.8. The lowest BCUT2D eigenvalue weighted by Gasteiger charge is -2.32. The van der Waals surface area contributed by atoms with Gasteiger partial charge in [-0.05, 0) is 48.2 Å². The highest BCUT2D eigenvalue weighted by Crippen LogP contribution is 2.36. The second-order valence-corrected chi connectivity index (χ2v) is 9.24. The number of nitrogens with one attached hydrogen (secondary N) is 2. The number of carboxylic acid groups (broad SMARTS) is 1. The summed E-state index contributed by atoms with van der Waals surface area (Å²) in [4.78, 5) is 15.8. The molecule has 1 unspecified atom stereocenters. The van der Waals surface area contributed by atoms with Crippen LogP contribution >= 0.6 is 0 Å². The van der Waals surface area contributed by atoms with Gasteiger partial charge in [0.2, 0.25) is 6.10 Å². The maximum atomic E-state index is 12.2. The van der Waals surface area contributed by atoms with Gasteiger partial charge in [-0.25, -0.2) is 4.79 Å². The summed E-state index contributed by atoms with van der Waals surface area (Å²) in [5.74, 6) is 0.445. The Morgan fingerprint density at radius 1 is 0.946 bits per heavy atom. The van der Waals surface area contributed by atoms with E-state index in [0.717, 1.165) is 24.0 Å². The van der Waals surface area contributed by atoms with Crippen LogP contribution in [0.3, 0.4) is 0 Å². The molecule has 0 saturated carbocycles. The van der Waals surface area contributed by atoms with E-state index in [0.29, 0.717) is 61.8 Å². The Hall–Kier alpha value is -4.15. The van der Waals surface area contributed by atoms with Crippen molar-refractivity contribution in [2.75, 3.05) is 33.3 Å². The molecule has 1 fully saturated rings. The minimum absolute atomic E-state index is 0.00994. The average Bonchev–Trinajstić information content (AvgIpc) is 3.09. The summed E-state index contributed by atoms with van der Waals surface area (Å²) >= 11 is 0. The smallest absolute Gasteiger partial charge is 0.349 e. The van der Waals surface area contributed by atoms with E-state index in [1.165, 1.54) is 7.11 Å². The summed E-state index contributed by atoms with van der Waals surface area (Å²) < 4.78 is 17.6. The standard InChI is InChI=1S/C26H34N6O5/c1-35-21-14-17-6-10-31(25(27)28)11-7-18(17)15-22(21)37-23(24(33)34)16-2-4-19(5-3-16)36-20-8-12-32(13-9-20)26(29)30/h2-5,14-15,20,23H,6-13H2,1H3,(H3,27,28)(H3,29,30)(H,33,34). The summed E-state index contributed by atoms with van der Waals surface area (Å²) in [6, 6.07) is 10.6. The van der Waals surface area contributed by atoms with Gasteiger partial charge < -0.3 is 40.6 Å². The lowest BCUT2D eigenvalue weighted by atomic mass is 10.0. The van der Waals surface area contributed by atoms with Crippen LogP contribution in [0.1, 0.15) is 35.6 Å². The number of fused-ring (bicyclic) bond motifs is 1. The Labute approximate surface area is 215 Å². The number of rotatable bonds is 7. The molecule has 4 rings (SSSR count). The van der Waals surface area contributed by atoms with Crippen molar-refractivity contribution in [1.29, 1.82) is 10.8 Å². The molecule has 198 valence electrons. The maximum absolute atomic E-state index is 12.2. The molecule has 0 radical (unpaired) electrons. The number of likely N-dealkylation sites (tertiary alicyclic amines) is 1. The predicted octanol–water partition coefficient (Wildman–Crippen LogP) is 1.93. The van der Waals surface area contributed by atoms with E-state index >= 15 is 0 Å². The van der Waals surface area contributed by atoms with Gasteiger partial charge >= 0.3 is 5.97 Å². The molecule has 7 N–H and O–H groups in total. The Morgan fingerprint density at radius 2 is 1.49 bits per heavy atom. The molecule has 11 heteroatoms. The Kier molecular flexibility index (Phi) is 7.90. The number of piperidine rings is 1. The number of aliphatic carboxylic acids is 1. The largest absolute Gasteiger partial charge is 0.493 e. The zero-order chi connectivity index (χ0) is 26.5. The lowest BCUT2D eigenvalue weighted by Crippen LogP contribution is -2.44. The number of benzene rings is 2. The molecule has 0 spiro atoms. The highest BCUT2D eigenvalue weighted by molar-refractivity contribution is 5.76. The zero-order valence-corrected chi connectivity index (χ0v) is 20.9. The van der Waals surface area contributed by atoms with E-state index in [2.05, 4.69) is 0 Å². The van der Waals surface area contributed by atoms with Crippen LogP contribution in [0.5, 0.6) is 17.2 Å². The molecule has 0 bridgehead atoms. The van der Waals surface area contributed by atoms with Gasteiger partial charge in [-0.3, -0.25) is 10.8 Å². The molecular formula is C26H34N6O5. The minimum Gasteiger partial charge on any atom is -0.493 e. The molecule has 1 atom stereocenters. The first-order chi connectivity index (χ1) is 17.7. The number of carboxylic acids is 1. The molecule has 2 aromatic rings. The van der Waals surface area contributed by atoms with Gasteiger partial charge in [0, 0.05) is 44.6 Å². The summed E-state index contributed by atoms with van der Waals surface area (Å²) in [6.07, 6.45) is 1.64. The first-order valence-electron chi connectivity index (χ1n) is 12.3. The van der Waals surface area contributed by atoms with E-state index in [1.54, 1.807) is 24.3 Å². The number of hydrogen-bond donors (Lipinski definition) is 5. The van der Waals surface area contributed by atoms with Gasteiger partial charge in [0.05, 0.1) is 7.11 Å². The van der Waals surface area contributed by atoms with Crippen molar-refractivity contribution in [3.63, 3.8) is 0 Å². The molecule has 2 heterocycles. The third kappa shape index (κ3) is 6.16. The van der Waals surface area contributed by atoms with Crippen molar-refractivity contribution in [3.05, 3.63) is 53.1 Å². The van der Waals surface area contributed by atoms with Gasteiger partial charge in [0.15, 0.2) is 23.4 Å². The highest BCUT2D eigenvalue weighted by Gasteiger charge is 2.26. The zero-order valence-electron chi connectivity index (χ0n) is 20.9. The lowest BCUT2D eigenvalue weighted by molar-refractivity contribution is -0.145. The first kappa shape index (κ1) is 25.9. The molecule has 2 aromatic carbocycles. The second kappa shape index (κ2) is 11.3. The van der Waals surface area contributed by atoms with Crippen molar-refractivity contribution < 1.29 is 24.1 Å². The second-order valence-electron chi connectivity index (χ2n) is 9.24. The number of hydrogen-bond acceptors (Lipinski definition) is 6. The van der Waals surface area contributed by atoms with Gasteiger partial charge in [-0.2, -0.15) is 0 Å². The van der Waals surface area contributed by atoms with Crippen LogP contribution in [0.4, 0.5) is 0 Å². The Balaban J connectivity index is 1.47. The fraction of sp³-hybridized carbons (Fsp3) is 0.423. The molecule has 37 heavy (non-hydrogen) atoms. The monoisotopic (exact) mass is 510 g/mol. The van der Waals surface area contributed by atoms with E-state index in [-0.39, 0.29) is 18.0 Å². The van der Waals surface area contributed by atoms with E-state index in [4.69, 9.17) is 36.5 Å². The van der Waals surface area contributed by atoms with Crippen molar-refractivity contribution in [2.24, 2.45) is 11.5 Å². The summed E-state index contributed by atoms with van der Waals surface area (Å²) in [5, 5.41) is 25.2. The third-order valence-corrected chi connectivity index (χ3v) is 6.87. The Bertz CT molecular complexity index is 1150. The fourth-order valence-electron chi connectivity index (χ4n) is 4.74. The summed E-state index contributed by atoms with van der Waals surface area (Å²) in [7, 11) is 1.52. The first-order valence-corrected chi connectivity index (χ1v) is 12.3. The minimum atomic E-state index is -1.24. The maximum Gasteiger partial charge on any atom is 0.349 e. The predicted molar refractivity (Wildman–Crippen MR) is 138 cm³/mol. The van der Waals surface area contributed by atoms with Gasteiger partial charge in [-0.15, -0.1) is 0 Å². The van der Waals surface area contributed by atoms with Crippen LogP contribution < -0.4 is 25.7 Å². The quantitative estimate of drug-likeness (QED) is 0.276. The highest BCUT2D eigenvalue weighted by atomic mass is 16.5. The van der Waals surface area contributed by atoms with Crippen LogP contribution in [0.25, 0.3) is 0 Å². The van der Waals surface area contributed by atoms with Crippen molar-refractivity contribution in [3.8, 4) is 17.2 Å². The van der Waals surface area contributed by atoms with Crippen LogP contribution in [0.15, 0.2) is 36.4 Å². The molecule has 0 amide bonds. The van der Waals surface area contributed by atoms with Crippen LogP contribution in [-0.4, -0.2) is 72.2 Å². The average molecular weight is 511 g/mol. The van der Waals surface area contributed by atoms with Gasteiger partial charge in [-0.1, -0.05) is 12.1 Å². The third-order valence-electron chi connectivity index (χ3n) is 6.87. The number of carbonyl (C=O) groups is 1. The molecule has 2 aliphatic heterocycles. The van der Waals surface area contributed by atoms with Crippen molar-refractivity contribution in [1.82, 2.24) is 9.80 Å². The molecule has 2 aliphatic rings. The number of guanidine groups is 2. The topological polar surface area (TPSA) is 171 Å². The van der Waals surface area contributed by atoms with E-state index < -0.39 is 12.1 Å². The number of nitrogens with two attached hydrogens (primary N) is 2. The van der Waals surface area contributed by atoms with Crippen molar-refractivity contribution in [2.45, 2.75) is 37.9 Å². The number of ether oxygens (including phenoxy) is 3. The molecule has 0 aromatic heterocycles. The van der Waals surface area contributed by atoms with Crippen LogP contribution in [0.2, 0.25) is 0 Å². The number of nitrogens with zero attached hydrogens (tertiary/aromatic N) is 2. The molecule has 11 nitrogen and oxygen atoms in total. The molecule has 1 saturated heterocycles. The van der Waals surface area contributed by atoms with Crippen LogP contribution in [0, 0.1) is 10.8 Å². The Morgan fingerprint density at radius 3 is 2.00 bits per heavy atom. The summed E-state index contributed by atoms with van der Waals surface area (Å²) in [5.41, 5.74) is 13.8. The van der Waals surface area contributed by atoms with E-state index in [9.17, 15) is 9.90 Å². The van der Waals surface area contributed by atoms with E-state index in [1.807, 2.05) is 21.9 Å². The van der Waals surface area contributed by atoms with Crippen LogP contribution in [-0.2, 0) is 17.6 Å². The fourth-order valence-corrected chi connectivity index (χ4v) is 4.74.